The number of anilines is 1. The van der Waals surface area contributed by atoms with E-state index in [1.54, 1.807) is 4.57 Å². The quantitative estimate of drug-likeness (QED) is 0.368. The molecule has 10 heteroatoms. The second-order valence-electron chi connectivity index (χ2n) is 7.06. The number of nitrogens with one attached hydrogen (secondary N) is 1. The number of thiophene rings is 1. The average molecular weight is 475 g/mol. The molecule has 1 aromatic carbocycles. The van der Waals surface area contributed by atoms with Crippen molar-refractivity contribution in [2.75, 3.05) is 18.2 Å². The van der Waals surface area contributed by atoms with E-state index in [1.807, 2.05) is 45.2 Å². The molecule has 0 atom stereocenters. The molecule has 0 aliphatic rings. The first-order chi connectivity index (χ1) is 15.3. The number of hydrogen-bond donors (Lipinski definition) is 1. The van der Waals surface area contributed by atoms with Gasteiger partial charge in [0.05, 0.1) is 18.4 Å². The lowest BCUT2D eigenvalue weighted by atomic mass is 10.1. The molecular formula is C22H26N4O4S2. The van der Waals surface area contributed by atoms with E-state index in [0.717, 1.165) is 22.6 Å². The van der Waals surface area contributed by atoms with E-state index in [2.05, 4.69) is 22.4 Å². The minimum atomic E-state index is -0.461. The maximum Gasteiger partial charge on any atom is 0.341 e. The van der Waals surface area contributed by atoms with Crippen molar-refractivity contribution in [2.24, 2.45) is 7.05 Å². The van der Waals surface area contributed by atoms with Gasteiger partial charge in [-0.25, -0.2) is 4.79 Å². The summed E-state index contributed by atoms with van der Waals surface area (Å²) in [5, 5.41) is 12.2. The Balaban J connectivity index is 1.57. The molecule has 1 N–H and O–H groups in total. The number of rotatable bonds is 9. The maximum atomic E-state index is 12.5. The van der Waals surface area contributed by atoms with Crippen molar-refractivity contribution in [2.45, 2.75) is 39.0 Å². The van der Waals surface area contributed by atoms with Gasteiger partial charge in [0.25, 0.3) is 0 Å². The molecule has 8 nitrogen and oxygen atoms in total. The standard InChI is InChI=1S/C22H26N4O4S2/c1-6-15-7-9-16(10-8-15)30-11-17-24-25-22(26(17)4)31-12-18(27)23-20-19(21(28)29-5)13(2)14(3)32-20/h7-10H,6,11-12H2,1-5H3,(H,23,27). The fourth-order valence-electron chi connectivity index (χ4n) is 2.92. The maximum absolute atomic E-state index is 12.5. The van der Waals surface area contributed by atoms with Crippen LogP contribution in [0.15, 0.2) is 29.4 Å². The van der Waals surface area contributed by atoms with Crippen LogP contribution >= 0.6 is 23.1 Å². The van der Waals surface area contributed by atoms with Gasteiger partial charge in [-0.2, -0.15) is 0 Å². The fourth-order valence-corrected chi connectivity index (χ4v) is 4.72. The molecule has 2 heterocycles. The van der Waals surface area contributed by atoms with Crippen LogP contribution in [-0.4, -0.2) is 39.5 Å². The van der Waals surface area contributed by atoms with Crippen molar-refractivity contribution in [1.82, 2.24) is 14.8 Å². The summed E-state index contributed by atoms with van der Waals surface area (Å²) < 4.78 is 12.4. The Bertz CT molecular complexity index is 1110. The molecule has 1 amide bonds. The van der Waals surface area contributed by atoms with Gasteiger partial charge < -0.3 is 19.4 Å². The summed E-state index contributed by atoms with van der Waals surface area (Å²) in [6.07, 6.45) is 0.980. The van der Waals surface area contributed by atoms with Crippen LogP contribution in [0.5, 0.6) is 5.75 Å². The molecule has 2 aromatic heterocycles. The number of ether oxygens (including phenoxy) is 2. The number of esters is 1. The molecule has 0 radical (unpaired) electrons. The molecule has 3 aromatic rings. The van der Waals surface area contributed by atoms with Gasteiger partial charge in [-0.3, -0.25) is 4.79 Å². The highest BCUT2D eigenvalue weighted by Crippen LogP contribution is 2.33. The summed E-state index contributed by atoms with van der Waals surface area (Å²) >= 11 is 2.62. The van der Waals surface area contributed by atoms with Gasteiger partial charge in [-0.1, -0.05) is 30.8 Å². The molecule has 0 aliphatic heterocycles. The number of carbonyl (C=O) groups is 2. The van der Waals surface area contributed by atoms with Crippen LogP contribution in [0.25, 0.3) is 0 Å². The Hall–Kier alpha value is -2.85. The lowest BCUT2D eigenvalue weighted by molar-refractivity contribution is -0.113. The number of aromatic nitrogens is 3. The molecule has 0 saturated carbocycles. The van der Waals surface area contributed by atoms with Crippen molar-refractivity contribution in [3.05, 3.63) is 51.7 Å². The van der Waals surface area contributed by atoms with Crippen molar-refractivity contribution in [3.8, 4) is 5.75 Å². The molecule has 0 fully saturated rings. The van der Waals surface area contributed by atoms with Crippen LogP contribution in [-0.2, 0) is 29.6 Å². The molecule has 170 valence electrons. The Morgan fingerprint density at radius 1 is 1.19 bits per heavy atom. The van der Waals surface area contributed by atoms with Crippen LogP contribution in [0.2, 0.25) is 0 Å². The Kier molecular flexibility index (Phi) is 7.92. The summed E-state index contributed by atoms with van der Waals surface area (Å²) in [4.78, 5) is 25.5. The normalized spacial score (nSPS) is 10.8. The second kappa shape index (κ2) is 10.6. The third-order valence-electron chi connectivity index (χ3n) is 4.98. The summed E-state index contributed by atoms with van der Waals surface area (Å²) in [7, 11) is 3.16. The second-order valence-corrected chi connectivity index (χ2v) is 9.23. The molecule has 3 rings (SSSR count). The molecule has 0 aliphatic carbocycles. The van der Waals surface area contributed by atoms with E-state index < -0.39 is 5.97 Å². The first-order valence-electron chi connectivity index (χ1n) is 10.0. The van der Waals surface area contributed by atoms with E-state index >= 15 is 0 Å². The largest absolute Gasteiger partial charge is 0.486 e. The third kappa shape index (κ3) is 5.49. The van der Waals surface area contributed by atoms with Gasteiger partial charge >= 0.3 is 5.97 Å². The van der Waals surface area contributed by atoms with E-state index in [-0.39, 0.29) is 18.3 Å². The van der Waals surface area contributed by atoms with Crippen molar-refractivity contribution in [3.63, 3.8) is 0 Å². The lowest BCUT2D eigenvalue weighted by Crippen LogP contribution is -2.16. The van der Waals surface area contributed by atoms with E-state index in [4.69, 9.17) is 9.47 Å². The number of nitrogens with zero attached hydrogens (tertiary/aromatic N) is 3. The number of methoxy groups -OCH3 is 1. The number of carbonyl (C=O) groups excluding carboxylic acids is 2. The third-order valence-corrected chi connectivity index (χ3v) is 7.13. The predicted molar refractivity (Wildman–Crippen MR) is 126 cm³/mol. The predicted octanol–water partition coefficient (Wildman–Crippen LogP) is 4.15. The van der Waals surface area contributed by atoms with Gasteiger partial charge in [-0.05, 0) is 43.5 Å². The molecule has 0 unspecified atom stereocenters. The fraction of sp³-hybridized carbons (Fsp3) is 0.364. The Labute approximate surface area is 195 Å². The molecular weight excluding hydrogens is 448 g/mol. The summed E-state index contributed by atoms with van der Waals surface area (Å²) in [6.45, 7) is 6.12. The van der Waals surface area contributed by atoms with Crippen LogP contribution in [0, 0.1) is 13.8 Å². The molecule has 0 spiro atoms. The van der Waals surface area contributed by atoms with Crippen LogP contribution in [0.3, 0.4) is 0 Å². The van der Waals surface area contributed by atoms with Crippen molar-refractivity contribution >= 4 is 40.0 Å². The van der Waals surface area contributed by atoms with Gasteiger partial charge in [0, 0.05) is 11.9 Å². The van der Waals surface area contributed by atoms with Gasteiger partial charge in [0.15, 0.2) is 11.0 Å². The number of thioether (sulfide) groups is 1. The highest BCUT2D eigenvalue weighted by molar-refractivity contribution is 7.99. The minimum Gasteiger partial charge on any atom is -0.486 e. The first-order valence-corrected chi connectivity index (χ1v) is 11.8. The Morgan fingerprint density at radius 2 is 1.91 bits per heavy atom. The zero-order valence-electron chi connectivity index (χ0n) is 18.7. The Morgan fingerprint density at radius 3 is 2.56 bits per heavy atom. The van der Waals surface area contributed by atoms with Crippen LogP contribution in [0.1, 0.15) is 39.1 Å². The van der Waals surface area contributed by atoms with Crippen molar-refractivity contribution < 1.29 is 19.1 Å². The summed E-state index contributed by atoms with van der Waals surface area (Å²) in [5.41, 5.74) is 2.46. The topological polar surface area (TPSA) is 95.3 Å². The molecule has 0 saturated heterocycles. The monoisotopic (exact) mass is 474 g/mol. The molecule has 0 bridgehead atoms. The average Bonchev–Trinajstić information content (AvgIpc) is 3.28. The molecule has 32 heavy (non-hydrogen) atoms. The van der Waals surface area contributed by atoms with Gasteiger partial charge in [0.2, 0.25) is 5.91 Å². The highest BCUT2D eigenvalue weighted by Gasteiger charge is 2.22. The lowest BCUT2D eigenvalue weighted by Gasteiger charge is -2.08. The zero-order valence-corrected chi connectivity index (χ0v) is 20.4. The van der Waals surface area contributed by atoms with Crippen LogP contribution in [0.4, 0.5) is 5.00 Å². The first kappa shape index (κ1) is 23.8. The number of amides is 1. The van der Waals surface area contributed by atoms with Gasteiger partial charge in [-0.15, -0.1) is 21.5 Å². The zero-order chi connectivity index (χ0) is 23.3. The number of benzene rings is 1. The smallest absolute Gasteiger partial charge is 0.341 e. The number of aryl methyl sites for hydroxylation is 2. The SMILES string of the molecule is CCc1ccc(OCc2nnc(SCC(=O)Nc3sc(C)c(C)c3C(=O)OC)n2C)cc1. The van der Waals surface area contributed by atoms with E-state index in [9.17, 15) is 9.59 Å². The van der Waals surface area contributed by atoms with Gasteiger partial charge in [0.1, 0.15) is 17.4 Å². The highest BCUT2D eigenvalue weighted by atomic mass is 32.2. The van der Waals surface area contributed by atoms with E-state index in [0.29, 0.717) is 21.5 Å². The van der Waals surface area contributed by atoms with Crippen molar-refractivity contribution in [1.29, 1.82) is 0 Å². The summed E-state index contributed by atoms with van der Waals surface area (Å²) in [6, 6.07) is 7.94. The van der Waals surface area contributed by atoms with E-state index in [1.165, 1.54) is 35.8 Å². The summed E-state index contributed by atoms with van der Waals surface area (Å²) in [5.74, 6) is 0.851. The number of hydrogen-bond acceptors (Lipinski definition) is 8. The minimum absolute atomic E-state index is 0.127. The van der Waals surface area contributed by atoms with Crippen LogP contribution < -0.4 is 10.1 Å².